The van der Waals surface area contributed by atoms with Crippen LogP contribution < -0.4 is 5.32 Å². The summed E-state index contributed by atoms with van der Waals surface area (Å²) in [6.07, 6.45) is 0.0661. The third-order valence-electron chi connectivity index (χ3n) is 6.00. The number of carboxylic acids is 1. The van der Waals surface area contributed by atoms with E-state index >= 15 is 0 Å². The largest absolute Gasteiger partial charge is 0.480 e. The Balaban J connectivity index is 1.85. The van der Waals surface area contributed by atoms with Crippen LogP contribution in [0.2, 0.25) is 5.02 Å². The van der Waals surface area contributed by atoms with E-state index in [1.165, 1.54) is 0 Å². The molecule has 35 heavy (non-hydrogen) atoms. The van der Waals surface area contributed by atoms with Gasteiger partial charge in [-0.1, -0.05) is 119 Å². The first-order chi connectivity index (χ1) is 16.9. The molecule has 4 nitrogen and oxygen atoms in total. The van der Waals surface area contributed by atoms with Crippen LogP contribution in [0.25, 0.3) is 0 Å². The predicted molar refractivity (Wildman–Crippen MR) is 142 cm³/mol. The van der Waals surface area contributed by atoms with Gasteiger partial charge in [0.15, 0.2) is 0 Å². The normalized spacial score (nSPS) is 12.1. The molecule has 0 saturated heterocycles. The molecule has 1 atom stereocenters. The average molecular weight is 549 g/mol. The summed E-state index contributed by atoms with van der Waals surface area (Å²) in [6.45, 7) is 0. The zero-order chi connectivity index (χ0) is 24.8. The Labute approximate surface area is 217 Å². The van der Waals surface area contributed by atoms with Crippen LogP contribution in [-0.4, -0.2) is 23.0 Å². The zero-order valence-corrected chi connectivity index (χ0v) is 21.0. The summed E-state index contributed by atoms with van der Waals surface area (Å²) < 4.78 is 0.725. The Morgan fingerprint density at radius 2 is 1.26 bits per heavy atom. The topological polar surface area (TPSA) is 66.4 Å². The van der Waals surface area contributed by atoms with E-state index in [-0.39, 0.29) is 6.42 Å². The van der Waals surface area contributed by atoms with Gasteiger partial charge < -0.3 is 10.4 Å². The summed E-state index contributed by atoms with van der Waals surface area (Å²) in [5.41, 5.74) is 1.65. The Hall–Kier alpha value is -3.41. The maximum atomic E-state index is 14.3. The quantitative estimate of drug-likeness (QED) is 0.256. The van der Waals surface area contributed by atoms with Gasteiger partial charge in [0.05, 0.1) is 0 Å². The lowest BCUT2D eigenvalue weighted by Gasteiger charge is -2.35. The fraction of sp³-hybridized carbons (Fsp3) is 0.103. The second-order valence-corrected chi connectivity index (χ2v) is 9.44. The van der Waals surface area contributed by atoms with E-state index in [1.807, 2.05) is 91.0 Å². The first kappa shape index (κ1) is 24.7. The number of hydrogen-bond donors (Lipinski definition) is 2. The molecule has 0 aliphatic heterocycles. The second kappa shape index (κ2) is 10.9. The molecular formula is C29H23BrClNO3. The number of carboxylic acid groups (broad SMARTS) is 1. The summed E-state index contributed by atoms with van der Waals surface area (Å²) in [6, 6.07) is 32.3. The van der Waals surface area contributed by atoms with Crippen molar-refractivity contribution >= 4 is 39.4 Å². The minimum Gasteiger partial charge on any atom is -0.480 e. The maximum absolute atomic E-state index is 14.3. The molecular weight excluding hydrogens is 526 g/mol. The third-order valence-corrected chi connectivity index (χ3v) is 7.00. The Morgan fingerprint density at radius 1 is 0.800 bits per heavy atom. The number of carbonyl (C=O) groups excluding carboxylic acids is 1. The van der Waals surface area contributed by atoms with Gasteiger partial charge >= 0.3 is 5.97 Å². The van der Waals surface area contributed by atoms with Crippen LogP contribution in [0.4, 0.5) is 0 Å². The minimum absolute atomic E-state index is 0.0661. The van der Waals surface area contributed by atoms with Gasteiger partial charge in [0.1, 0.15) is 11.5 Å². The standard InChI is InChI=1S/C29H23BrClNO3/c30-25-17-16-24(31)18-20(25)19-26(27(33)34)32-28(35)29(21-10-4-1-5-11-21,22-12-6-2-7-13-22)23-14-8-3-9-15-23/h1-18,26H,19H2,(H,32,35)(H,33,34)/t26-/m1/s1. The number of benzene rings is 4. The molecule has 4 aromatic rings. The Bertz CT molecular complexity index is 1220. The van der Waals surface area contributed by atoms with Crippen molar-refractivity contribution in [3.63, 3.8) is 0 Å². The molecule has 0 heterocycles. The molecule has 4 rings (SSSR count). The molecule has 0 bridgehead atoms. The lowest BCUT2D eigenvalue weighted by molar-refractivity contribution is -0.142. The van der Waals surface area contributed by atoms with Crippen molar-refractivity contribution in [2.75, 3.05) is 0 Å². The van der Waals surface area contributed by atoms with Crippen LogP contribution >= 0.6 is 27.5 Å². The van der Waals surface area contributed by atoms with Gasteiger partial charge in [-0.2, -0.15) is 0 Å². The number of halogens is 2. The highest BCUT2D eigenvalue weighted by atomic mass is 79.9. The lowest BCUT2D eigenvalue weighted by atomic mass is 9.68. The molecule has 0 spiro atoms. The molecule has 0 saturated carbocycles. The molecule has 4 aromatic carbocycles. The van der Waals surface area contributed by atoms with Crippen molar-refractivity contribution in [1.29, 1.82) is 0 Å². The molecule has 176 valence electrons. The van der Waals surface area contributed by atoms with E-state index < -0.39 is 23.3 Å². The number of amides is 1. The van der Waals surface area contributed by atoms with Gasteiger partial charge in [-0.05, 0) is 40.5 Å². The van der Waals surface area contributed by atoms with Gasteiger partial charge in [0, 0.05) is 15.9 Å². The van der Waals surface area contributed by atoms with Crippen LogP contribution in [0.1, 0.15) is 22.3 Å². The summed E-state index contributed by atoms with van der Waals surface area (Å²) in [5, 5.41) is 13.4. The number of nitrogens with one attached hydrogen (secondary N) is 1. The van der Waals surface area contributed by atoms with Crippen LogP contribution in [0.3, 0.4) is 0 Å². The molecule has 0 fully saturated rings. The predicted octanol–water partition coefficient (Wildman–Crippen LogP) is 6.25. The second-order valence-electron chi connectivity index (χ2n) is 8.15. The number of aliphatic carboxylic acids is 1. The van der Waals surface area contributed by atoms with E-state index in [0.29, 0.717) is 10.6 Å². The van der Waals surface area contributed by atoms with Crippen molar-refractivity contribution in [2.24, 2.45) is 0 Å². The van der Waals surface area contributed by atoms with Crippen LogP contribution in [0, 0.1) is 0 Å². The van der Waals surface area contributed by atoms with Crippen molar-refractivity contribution in [3.8, 4) is 0 Å². The Morgan fingerprint density at radius 3 is 1.69 bits per heavy atom. The van der Waals surface area contributed by atoms with E-state index in [4.69, 9.17) is 11.6 Å². The smallest absolute Gasteiger partial charge is 0.326 e. The van der Waals surface area contributed by atoms with Gasteiger partial charge in [0.2, 0.25) is 5.91 Å². The van der Waals surface area contributed by atoms with Crippen LogP contribution in [0.5, 0.6) is 0 Å². The van der Waals surface area contributed by atoms with Gasteiger partial charge in [-0.3, -0.25) is 4.79 Å². The lowest BCUT2D eigenvalue weighted by Crippen LogP contribution is -2.52. The zero-order valence-electron chi connectivity index (χ0n) is 18.7. The summed E-state index contributed by atoms with van der Waals surface area (Å²) in [7, 11) is 0. The molecule has 0 aromatic heterocycles. The van der Waals surface area contributed by atoms with Gasteiger partial charge in [-0.25, -0.2) is 4.79 Å². The summed E-state index contributed by atoms with van der Waals surface area (Å²) >= 11 is 9.60. The summed E-state index contributed by atoms with van der Waals surface area (Å²) in [5.74, 6) is -1.56. The highest BCUT2D eigenvalue weighted by Crippen LogP contribution is 2.39. The molecule has 0 aliphatic carbocycles. The average Bonchev–Trinajstić information content (AvgIpc) is 2.88. The SMILES string of the molecule is O=C(O)[C@@H](Cc1cc(Cl)ccc1Br)NC(=O)C(c1ccccc1)(c1ccccc1)c1ccccc1. The fourth-order valence-electron chi connectivity index (χ4n) is 4.34. The van der Waals surface area contributed by atoms with Gasteiger partial charge in [-0.15, -0.1) is 0 Å². The van der Waals surface area contributed by atoms with E-state index in [0.717, 1.165) is 21.2 Å². The molecule has 0 radical (unpaired) electrons. The molecule has 0 unspecified atom stereocenters. The molecule has 0 aliphatic rings. The molecule has 1 amide bonds. The summed E-state index contributed by atoms with van der Waals surface area (Å²) in [4.78, 5) is 26.6. The minimum atomic E-state index is -1.26. The Kier molecular flexibility index (Phi) is 7.69. The molecule has 6 heteroatoms. The highest BCUT2D eigenvalue weighted by Gasteiger charge is 2.45. The van der Waals surface area contributed by atoms with E-state index in [9.17, 15) is 14.7 Å². The van der Waals surface area contributed by atoms with Crippen LogP contribution in [0.15, 0.2) is 114 Å². The van der Waals surface area contributed by atoms with E-state index in [2.05, 4.69) is 21.2 Å². The first-order valence-corrected chi connectivity index (χ1v) is 12.2. The number of hydrogen-bond acceptors (Lipinski definition) is 2. The maximum Gasteiger partial charge on any atom is 0.326 e. The van der Waals surface area contributed by atoms with Crippen molar-refractivity contribution in [2.45, 2.75) is 17.9 Å². The van der Waals surface area contributed by atoms with E-state index in [1.54, 1.807) is 18.2 Å². The van der Waals surface area contributed by atoms with Crippen molar-refractivity contribution < 1.29 is 14.7 Å². The fourth-order valence-corrected chi connectivity index (χ4v) is 4.95. The van der Waals surface area contributed by atoms with Crippen LogP contribution in [-0.2, 0) is 21.4 Å². The van der Waals surface area contributed by atoms with Crippen molar-refractivity contribution in [3.05, 3.63) is 141 Å². The van der Waals surface area contributed by atoms with Gasteiger partial charge in [0.25, 0.3) is 0 Å². The number of carbonyl (C=O) groups is 2. The monoisotopic (exact) mass is 547 g/mol. The van der Waals surface area contributed by atoms with Crippen molar-refractivity contribution in [1.82, 2.24) is 5.32 Å². The highest BCUT2D eigenvalue weighted by molar-refractivity contribution is 9.10. The third kappa shape index (κ3) is 5.16. The molecule has 2 N–H and O–H groups in total. The first-order valence-electron chi connectivity index (χ1n) is 11.1. The number of rotatable bonds is 8.